The third-order valence-corrected chi connectivity index (χ3v) is 4.97. The van der Waals surface area contributed by atoms with Crippen molar-refractivity contribution in [3.05, 3.63) is 78.3 Å². The molecule has 1 saturated carbocycles. The van der Waals surface area contributed by atoms with Crippen molar-refractivity contribution >= 4 is 5.91 Å². The molecule has 1 atom stereocenters. The molecule has 0 radical (unpaired) electrons. The zero-order valence-electron chi connectivity index (χ0n) is 15.3. The Balaban J connectivity index is 1.28. The lowest BCUT2D eigenvalue weighted by Crippen LogP contribution is -2.29. The van der Waals surface area contributed by atoms with Crippen molar-refractivity contribution in [2.45, 2.75) is 38.1 Å². The molecule has 4 rings (SSSR count). The van der Waals surface area contributed by atoms with E-state index in [-0.39, 0.29) is 11.9 Å². The fourth-order valence-corrected chi connectivity index (χ4v) is 3.37. The van der Waals surface area contributed by atoms with Gasteiger partial charge in [0.1, 0.15) is 0 Å². The maximum absolute atomic E-state index is 12.4. The van der Waals surface area contributed by atoms with Gasteiger partial charge in [-0.05, 0) is 30.7 Å². The molecule has 4 heteroatoms. The molecular formula is C23H24N2O2. The topological polar surface area (TPSA) is 55.1 Å². The minimum absolute atomic E-state index is 0.102. The Morgan fingerprint density at radius 2 is 1.78 bits per heavy atom. The van der Waals surface area contributed by atoms with Gasteiger partial charge in [-0.15, -0.1) is 0 Å². The van der Waals surface area contributed by atoms with E-state index in [2.05, 4.69) is 22.4 Å². The summed E-state index contributed by atoms with van der Waals surface area (Å²) in [5, 5.41) is 3.22. The zero-order valence-corrected chi connectivity index (χ0v) is 15.3. The van der Waals surface area contributed by atoms with E-state index in [1.165, 1.54) is 18.4 Å². The lowest BCUT2D eigenvalue weighted by molar-refractivity contribution is -0.122. The van der Waals surface area contributed by atoms with Crippen molar-refractivity contribution in [2.75, 3.05) is 0 Å². The van der Waals surface area contributed by atoms with Crippen LogP contribution in [0, 0.1) is 5.92 Å². The van der Waals surface area contributed by atoms with Crippen LogP contribution in [0.3, 0.4) is 0 Å². The summed E-state index contributed by atoms with van der Waals surface area (Å²) in [5.41, 5.74) is 2.22. The Morgan fingerprint density at radius 3 is 2.48 bits per heavy atom. The number of amides is 1. The highest BCUT2D eigenvalue weighted by atomic mass is 16.4. The number of carbonyl (C=O) groups is 1. The fraction of sp³-hybridized carbons (Fsp3) is 0.304. The van der Waals surface area contributed by atoms with Gasteiger partial charge in [0.25, 0.3) is 0 Å². The number of hydrogen-bond acceptors (Lipinski definition) is 3. The van der Waals surface area contributed by atoms with E-state index >= 15 is 0 Å². The number of aromatic nitrogens is 1. The molecule has 1 fully saturated rings. The second-order valence-electron chi connectivity index (χ2n) is 7.13. The molecule has 0 aliphatic heterocycles. The molecule has 1 heterocycles. The van der Waals surface area contributed by atoms with E-state index in [1.54, 1.807) is 6.20 Å². The summed E-state index contributed by atoms with van der Waals surface area (Å²) in [6.07, 6.45) is 6.02. The highest BCUT2D eigenvalue weighted by molar-refractivity contribution is 5.76. The Kier molecular flexibility index (Phi) is 5.33. The molecule has 1 amide bonds. The standard InChI is InChI=1S/C23H24N2O2/c26-21(25-23(19-14-15-19)18-10-5-2-6-11-18)12-7-13-22-24-16-20(27-22)17-8-3-1-4-9-17/h1-6,8-11,16,19,23H,7,12-15H2,(H,25,26). The third-order valence-electron chi connectivity index (χ3n) is 4.97. The number of oxazole rings is 1. The average molecular weight is 360 g/mol. The first kappa shape index (κ1) is 17.5. The summed E-state index contributed by atoms with van der Waals surface area (Å²) in [7, 11) is 0. The largest absolute Gasteiger partial charge is 0.441 e. The van der Waals surface area contributed by atoms with Gasteiger partial charge in [-0.25, -0.2) is 4.98 Å². The number of nitrogens with one attached hydrogen (secondary N) is 1. The Bertz CT molecular complexity index is 870. The molecule has 27 heavy (non-hydrogen) atoms. The predicted octanol–water partition coefficient (Wildman–Crippen LogP) is 4.93. The summed E-state index contributed by atoms with van der Waals surface area (Å²) in [5.74, 6) is 2.14. The fourth-order valence-electron chi connectivity index (χ4n) is 3.37. The van der Waals surface area contributed by atoms with Crippen LogP contribution < -0.4 is 5.32 Å². The molecule has 0 saturated heterocycles. The molecule has 0 bridgehead atoms. The van der Waals surface area contributed by atoms with Gasteiger partial charge in [0, 0.05) is 18.4 Å². The first-order chi connectivity index (χ1) is 13.3. The van der Waals surface area contributed by atoms with Crippen molar-refractivity contribution in [3.8, 4) is 11.3 Å². The third kappa shape index (κ3) is 4.64. The summed E-state index contributed by atoms with van der Waals surface area (Å²) >= 11 is 0. The highest BCUT2D eigenvalue weighted by Gasteiger charge is 2.33. The second-order valence-corrected chi connectivity index (χ2v) is 7.13. The molecule has 1 aliphatic rings. The molecule has 0 spiro atoms. The van der Waals surface area contributed by atoms with Crippen LogP contribution in [0.2, 0.25) is 0 Å². The molecule has 1 aromatic heterocycles. The molecule has 2 aromatic carbocycles. The van der Waals surface area contributed by atoms with Gasteiger partial charge in [0.2, 0.25) is 5.91 Å². The predicted molar refractivity (Wildman–Crippen MR) is 105 cm³/mol. The van der Waals surface area contributed by atoms with Gasteiger partial charge in [0.05, 0.1) is 12.2 Å². The summed E-state index contributed by atoms with van der Waals surface area (Å²) < 4.78 is 5.81. The van der Waals surface area contributed by atoms with Gasteiger partial charge >= 0.3 is 0 Å². The van der Waals surface area contributed by atoms with E-state index in [4.69, 9.17) is 4.42 Å². The molecule has 1 aliphatic carbocycles. The SMILES string of the molecule is O=C(CCCc1ncc(-c2ccccc2)o1)NC(c1ccccc1)C1CC1. The van der Waals surface area contributed by atoms with Gasteiger partial charge < -0.3 is 9.73 Å². The lowest BCUT2D eigenvalue weighted by Gasteiger charge is -2.18. The lowest BCUT2D eigenvalue weighted by atomic mass is 10.0. The average Bonchev–Trinajstić information content (AvgIpc) is 3.45. The second kappa shape index (κ2) is 8.21. The van der Waals surface area contributed by atoms with E-state index in [0.717, 1.165) is 17.7 Å². The minimum atomic E-state index is 0.102. The number of nitrogens with zero attached hydrogens (tertiary/aromatic N) is 1. The van der Waals surface area contributed by atoms with Gasteiger partial charge in [0.15, 0.2) is 11.7 Å². The van der Waals surface area contributed by atoms with Gasteiger partial charge in [-0.2, -0.15) is 0 Å². The number of carbonyl (C=O) groups excluding carboxylic acids is 1. The summed E-state index contributed by atoms with van der Waals surface area (Å²) in [6.45, 7) is 0. The molecule has 4 nitrogen and oxygen atoms in total. The molecule has 138 valence electrons. The van der Waals surface area contributed by atoms with Crippen molar-refractivity contribution < 1.29 is 9.21 Å². The maximum atomic E-state index is 12.4. The summed E-state index contributed by atoms with van der Waals surface area (Å²) in [6, 6.07) is 20.3. The van der Waals surface area contributed by atoms with Crippen molar-refractivity contribution in [1.82, 2.24) is 10.3 Å². The van der Waals surface area contributed by atoms with Crippen LogP contribution in [0.1, 0.15) is 43.2 Å². The Labute approximate surface area is 159 Å². The van der Waals surface area contributed by atoms with Crippen molar-refractivity contribution in [3.63, 3.8) is 0 Å². The minimum Gasteiger partial charge on any atom is -0.441 e. The van der Waals surface area contributed by atoms with Crippen LogP contribution in [0.15, 0.2) is 71.3 Å². The summed E-state index contributed by atoms with van der Waals surface area (Å²) in [4.78, 5) is 16.8. The monoisotopic (exact) mass is 360 g/mol. The quantitative estimate of drug-likeness (QED) is 0.619. The van der Waals surface area contributed by atoms with Crippen LogP contribution in [-0.4, -0.2) is 10.9 Å². The number of aryl methyl sites for hydroxylation is 1. The van der Waals surface area contributed by atoms with Crippen molar-refractivity contribution in [2.24, 2.45) is 5.92 Å². The van der Waals surface area contributed by atoms with E-state index in [0.29, 0.717) is 24.7 Å². The van der Waals surface area contributed by atoms with E-state index in [9.17, 15) is 4.79 Å². The van der Waals surface area contributed by atoms with Crippen LogP contribution in [0.5, 0.6) is 0 Å². The maximum Gasteiger partial charge on any atom is 0.220 e. The Hall–Kier alpha value is -2.88. The van der Waals surface area contributed by atoms with Crippen LogP contribution in [-0.2, 0) is 11.2 Å². The number of benzene rings is 2. The molecule has 3 aromatic rings. The molecular weight excluding hydrogens is 336 g/mol. The smallest absolute Gasteiger partial charge is 0.220 e. The first-order valence-electron chi connectivity index (χ1n) is 9.64. The van der Waals surface area contributed by atoms with Crippen molar-refractivity contribution in [1.29, 1.82) is 0 Å². The number of hydrogen-bond donors (Lipinski definition) is 1. The highest BCUT2D eigenvalue weighted by Crippen LogP contribution is 2.41. The van der Waals surface area contributed by atoms with Crippen LogP contribution in [0.4, 0.5) is 0 Å². The van der Waals surface area contributed by atoms with E-state index in [1.807, 2.05) is 48.5 Å². The van der Waals surface area contributed by atoms with Crippen LogP contribution in [0.25, 0.3) is 11.3 Å². The zero-order chi connectivity index (χ0) is 18.5. The van der Waals surface area contributed by atoms with Crippen LogP contribution >= 0.6 is 0 Å². The van der Waals surface area contributed by atoms with E-state index < -0.39 is 0 Å². The van der Waals surface area contributed by atoms with Gasteiger partial charge in [-0.3, -0.25) is 4.79 Å². The normalized spacial score (nSPS) is 14.7. The first-order valence-corrected chi connectivity index (χ1v) is 9.64. The molecule has 1 unspecified atom stereocenters. The molecule has 1 N–H and O–H groups in total. The Morgan fingerprint density at radius 1 is 1.07 bits per heavy atom. The number of rotatable bonds is 8. The van der Waals surface area contributed by atoms with Gasteiger partial charge in [-0.1, -0.05) is 60.7 Å².